The highest BCUT2D eigenvalue weighted by atomic mass is 79.9. The predicted octanol–water partition coefficient (Wildman–Crippen LogP) is 7.85. The molecule has 0 aliphatic carbocycles. The van der Waals surface area contributed by atoms with Crippen LogP contribution < -0.4 is 0 Å². The third-order valence-electron chi connectivity index (χ3n) is 4.48. The number of halogens is 2. The summed E-state index contributed by atoms with van der Waals surface area (Å²) in [6, 6.07) is 8.79. The molecule has 0 aliphatic rings. The lowest BCUT2D eigenvalue weighted by atomic mass is 10.0. The number of hydrogen-bond donors (Lipinski definition) is 0. The van der Waals surface area contributed by atoms with Gasteiger partial charge in [0.05, 0.1) is 30.0 Å². The highest BCUT2D eigenvalue weighted by Crippen LogP contribution is 2.42. The number of hydrogen-bond acceptors (Lipinski definition) is 4. The van der Waals surface area contributed by atoms with Crippen molar-refractivity contribution in [1.82, 2.24) is 9.97 Å². The molecule has 0 saturated heterocycles. The quantitative estimate of drug-likeness (QED) is 0.276. The molecule has 0 aliphatic heterocycles. The minimum Gasteiger partial charge on any atom is -0.249 e. The second-order valence-corrected chi connectivity index (χ2v) is 11.1. The number of nitrogens with zero attached hydrogens (tertiary/aromatic N) is 2. The molecule has 0 unspecified atom stereocenters. The van der Waals surface area contributed by atoms with Crippen LogP contribution in [0.2, 0.25) is 0 Å². The molecule has 2 nitrogen and oxygen atoms in total. The van der Waals surface area contributed by atoms with Crippen LogP contribution in [0.4, 0.5) is 0 Å². The Morgan fingerprint density at radius 3 is 1.38 bits per heavy atom. The van der Waals surface area contributed by atoms with E-state index < -0.39 is 0 Å². The first-order valence-corrected chi connectivity index (χ1v) is 11.4. The normalized spacial score (nSPS) is 11.5. The zero-order valence-corrected chi connectivity index (χ0v) is 19.6. The zero-order valence-electron chi connectivity index (χ0n) is 14.8. The fourth-order valence-electron chi connectivity index (χ4n) is 2.89. The molecule has 26 heavy (non-hydrogen) atoms. The van der Waals surface area contributed by atoms with Gasteiger partial charge in [0, 0.05) is 20.9 Å². The second-order valence-electron chi connectivity index (χ2n) is 6.39. The average Bonchev–Trinajstić information content (AvgIpc) is 3.10. The number of aromatic nitrogens is 2. The minimum absolute atomic E-state index is 0.974. The fraction of sp³-hybridized carbons (Fsp3) is 0.200. The third-order valence-corrected chi connectivity index (χ3v) is 8.82. The van der Waals surface area contributed by atoms with Crippen molar-refractivity contribution in [2.24, 2.45) is 0 Å². The fourth-order valence-corrected chi connectivity index (χ4v) is 6.01. The molecule has 0 spiro atoms. The van der Waals surface area contributed by atoms with Gasteiger partial charge in [-0.05, 0) is 82.8 Å². The summed E-state index contributed by atoms with van der Waals surface area (Å²) in [7, 11) is 0. The van der Waals surface area contributed by atoms with E-state index in [2.05, 4.69) is 70.0 Å². The van der Waals surface area contributed by atoms with Crippen molar-refractivity contribution in [3.05, 3.63) is 54.4 Å². The topological polar surface area (TPSA) is 25.8 Å². The van der Waals surface area contributed by atoms with Gasteiger partial charge in [0.15, 0.2) is 0 Å². The first kappa shape index (κ1) is 18.3. The summed E-state index contributed by atoms with van der Waals surface area (Å²) in [5.74, 6) is 0. The number of thiophene rings is 2. The van der Waals surface area contributed by atoms with Crippen LogP contribution in [0.5, 0.6) is 0 Å². The van der Waals surface area contributed by atoms with E-state index in [9.17, 15) is 0 Å². The van der Waals surface area contributed by atoms with E-state index in [-0.39, 0.29) is 0 Å². The summed E-state index contributed by atoms with van der Waals surface area (Å²) in [5.41, 5.74) is 8.69. The SMILES string of the molecule is Cc1cc(-c2ccc(-c3cc(C)c(Br)s3)c3nc(C)c(C)nc23)sc1Br. The Hall–Kier alpha value is -1.08. The molecule has 0 atom stereocenters. The highest BCUT2D eigenvalue weighted by Gasteiger charge is 2.17. The van der Waals surface area contributed by atoms with Crippen molar-refractivity contribution < 1.29 is 0 Å². The summed E-state index contributed by atoms with van der Waals surface area (Å²) >= 11 is 10.8. The molecule has 0 N–H and O–H groups in total. The Bertz CT molecular complexity index is 1030. The van der Waals surface area contributed by atoms with Crippen LogP contribution in [0.25, 0.3) is 31.9 Å². The summed E-state index contributed by atoms with van der Waals surface area (Å²) < 4.78 is 2.33. The largest absolute Gasteiger partial charge is 0.249 e. The van der Waals surface area contributed by atoms with E-state index in [0.717, 1.165) is 33.5 Å². The molecule has 0 amide bonds. The Morgan fingerprint density at radius 1 is 0.692 bits per heavy atom. The second kappa shape index (κ2) is 6.82. The highest BCUT2D eigenvalue weighted by molar-refractivity contribution is 9.11. The van der Waals surface area contributed by atoms with Gasteiger partial charge in [0.1, 0.15) is 0 Å². The van der Waals surface area contributed by atoms with E-state index in [0.29, 0.717) is 0 Å². The third kappa shape index (κ3) is 3.07. The van der Waals surface area contributed by atoms with Gasteiger partial charge < -0.3 is 0 Å². The van der Waals surface area contributed by atoms with Gasteiger partial charge in [-0.3, -0.25) is 0 Å². The van der Waals surface area contributed by atoms with Gasteiger partial charge in [0.25, 0.3) is 0 Å². The van der Waals surface area contributed by atoms with Gasteiger partial charge in [0.2, 0.25) is 0 Å². The van der Waals surface area contributed by atoms with Gasteiger partial charge in [-0.25, -0.2) is 9.97 Å². The molecule has 0 saturated carbocycles. The van der Waals surface area contributed by atoms with Crippen LogP contribution in [0.15, 0.2) is 31.8 Å². The molecular formula is C20H16Br2N2S2. The molecule has 0 radical (unpaired) electrons. The van der Waals surface area contributed by atoms with E-state index >= 15 is 0 Å². The Labute approximate surface area is 177 Å². The van der Waals surface area contributed by atoms with Crippen molar-refractivity contribution in [3.8, 4) is 20.9 Å². The average molecular weight is 508 g/mol. The van der Waals surface area contributed by atoms with Crippen LogP contribution in [-0.4, -0.2) is 9.97 Å². The lowest BCUT2D eigenvalue weighted by molar-refractivity contribution is 1.10. The monoisotopic (exact) mass is 506 g/mol. The van der Waals surface area contributed by atoms with Gasteiger partial charge in [-0.2, -0.15) is 0 Å². The Morgan fingerprint density at radius 2 is 1.08 bits per heavy atom. The van der Waals surface area contributed by atoms with Crippen LogP contribution in [0, 0.1) is 27.7 Å². The standard InChI is InChI=1S/C20H16Br2N2S2/c1-9-7-15(25-19(9)21)13-5-6-14(16-8-10(2)20(22)26-16)18-17(13)23-11(3)12(4)24-18/h5-8H,1-4H3. The van der Waals surface area contributed by atoms with Crippen molar-refractivity contribution in [2.75, 3.05) is 0 Å². The van der Waals surface area contributed by atoms with Crippen molar-refractivity contribution in [1.29, 1.82) is 0 Å². The minimum atomic E-state index is 0.974. The molecule has 132 valence electrons. The first-order valence-electron chi connectivity index (χ1n) is 8.15. The van der Waals surface area contributed by atoms with Crippen molar-refractivity contribution in [2.45, 2.75) is 27.7 Å². The summed E-state index contributed by atoms with van der Waals surface area (Å²) in [4.78, 5) is 12.3. The van der Waals surface area contributed by atoms with Gasteiger partial charge in [-0.1, -0.05) is 12.1 Å². The zero-order chi connectivity index (χ0) is 18.6. The molecule has 3 aromatic heterocycles. The lowest BCUT2D eigenvalue weighted by Gasteiger charge is -2.10. The predicted molar refractivity (Wildman–Crippen MR) is 121 cm³/mol. The lowest BCUT2D eigenvalue weighted by Crippen LogP contribution is -1.96. The van der Waals surface area contributed by atoms with Crippen LogP contribution in [-0.2, 0) is 0 Å². The van der Waals surface area contributed by atoms with Crippen LogP contribution in [0.1, 0.15) is 22.5 Å². The molecular weight excluding hydrogens is 492 g/mol. The number of fused-ring (bicyclic) bond motifs is 1. The first-order chi connectivity index (χ1) is 12.3. The maximum absolute atomic E-state index is 4.93. The molecule has 6 heteroatoms. The van der Waals surface area contributed by atoms with Gasteiger partial charge in [-0.15, -0.1) is 22.7 Å². The molecule has 3 heterocycles. The van der Waals surface area contributed by atoms with E-state index in [4.69, 9.17) is 9.97 Å². The van der Waals surface area contributed by atoms with Gasteiger partial charge >= 0.3 is 0 Å². The van der Waals surface area contributed by atoms with Crippen molar-refractivity contribution in [3.63, 3.8) is 0 Å². The summed E-state index contributed by atoms with van der Waals surface area (Å²) in [6.45, 7) is 8.29. The molecule has 0 fully saturated rings. The maximum atomic E-state index is 4.93. The summed E-state index contributed by atoms with van der Waals surface area (Å²) in [6.07, 6.45) is 0. The molecule has 1 aromatic carbocycles. The smallest absolute Gasteiger partial charge is 0.0983 e. The number of benzene rings is 1. The van der Waals surface area contributed by atoms with E-state index in [1.807, 2.05) is 13.8 Å². The summed E-state index contributed by atoms with van der Waals surface area (Å²) in [5, 5.41) is 0. The Balaban J connectivity index is 2.04. The van der Waals surface area contributed by atoms with Crippen LogP contribution in [0.3, 0.4) is 0 Å². The van der Waals surface area contributed by atoms with Crippen molar-refractivity contribution >= 4 is 65.6 Å². The van der Waals surface area contributed by atoms with E-state index in [1.54, 1.807) is 22.7 Å². The molecule has 4 aromatic rings. The Kier molecular flexibility index (Phi) is 4.80. The molecule has 0 bridgehead atoms. The maximum Gasteiger partial charge on any atom is 0.0983 e. The number of aryl methyl sites for hydroxylation is 4. The molecule has 4 rings (SSSR count). The van der Waals surface area contributed by atoms with E-state index in [1.165, 1.54) is 28.5 Å². The number of rotatable bonds is 2. The van der Waals surface area contributed by atoms with Crippen LogP contribution >= 0.6 is 54.5 Å².